The largest absolute Gasteiger partial charge is 0.379 e. The van der Waals surface area contributed by atoms with E-state index in [9.17, 15) is 0 Å². The number of guanidine groups is 1. The zero-order valence-corrected chi connectivity index (χ0v) is 15.5. The Morgan fingerprint density at radius 1 is 1.35 bits per heavy atom. The molecule has 0 aromatic carbocycles. The predicted molar refractivity (Wildman–Crippen MR) is 95.0 cm³/mol. The van der Waals surface area contributed by atoms with Gasteiger partial charge in [0.2, 0.25) is 0 Å². The fourth-order valence-corrected chi connectivity index (χ4v) is 3.12. The number of aliphatic imine (C=N–C) groups is 1. The van der Waals surface area contributed by atoms with Gasteiger partial charge in [-0.2, -0.15) is 0 Å². The minimum absolute atomic E-state index is 0. The molecule has 0 bridgehead atoms. The maximum Gasteiger partial charge on any atom is 0.193 e. The molecule has 1 N–H and O–H groups in total. The van der Waals surface area contributed by atoms with Crippen molar-refractivity contribution in [2.24, 2.45) is 10.4 Å². The zero-order valence-electron chi connectivity index (χ0n) is 13.2. The summed E-state index contributed by atoms with van der Waals surface area (Å²) < 4.78 is 5.55. The Hall–Kier alpha value is -0.0400. The summed E-state index contributed by atoms with van der Waals surface area (Å²) in [5.41, 5.74) is 0.637. The summed E-state index contributed by atoms with van der Waals surface area (Å²) in [6.45, 7) is 8.30. The van der Waals surface area contributed by atoms with Crippen molar-refractivity contribution in [1.82, 2.24) is 10.2 Å². The van der Waals surface area contributed by atoms with Gasteiger partial charge in [0, 0.05) is 33.3 Å². The molecular weight excluding hydrogens is 365 g/mol. The van der Waals surface area contributed by atoms with Crippen LogP contribution in [0.2, 0.25) is 0 Å². The van der Waals surface area contributed by atoms with Gasteiger partial charge in [0.15, 0.2) is 5.96 Å². The van der Waals surface area contributed by atoms with E-state index in [0.29, 0.717) is 11.5 Å². The third-order valence-corrected chi connectivity index (χ3v) is 4.42. The second kappa shape index (κ2) is 8.41. The van der Waals surface area contributed by atoms with Crippen molar-refractivity contribution in [3.63, 3.8) is 0 Å². The Morgan fingerprint density at radius 2 is 2.10 bits per heavy atom. The summed E-state index contributed by atoms with van der Waals surface area (Å²) in [4.78, 5) is 6.85. The molecule has 0 amide bonds. The molecule has 118 valence electrons. The predicted octanol–water partition coefficient (Wildman–Crippen LogP) is 2.87. The first-order valence-corrected chi connectivity index (χ1v) is 7.72. The topological polar surface area (TPSA) is 36.9 Å². The van der Waals surface area contributed by atoms with Gasteiger partial charge in [-0.3, -0.25) is 4.99 Å². The minimum atomic E-state index is 0. The maximum atomic E-state index is 5.55. The third-order valence-electron chi connectivity index (χ3n) is 4.42. The van der Waals surface area contributed by atoms with E-state index >= 15 is 0 Å². The zero-order chi connectivity index (χ0) is 13.7. The molecule has 0 radical (unpaired) electrons. The van der Waals surface area contributed by atoms with Crippen molar-refractivity contribution in [3.05, 3.63) is 0 Å². The van der Waals surface area contributed by atoms with Crippen molar-refractivity contribution in [1.29, 1.82) is 0 Å². The first-order valence-electron chi connectivity index (χ1n) is 7.72. The van der Waals surface area contributed by atoms with Crippen LogP contribution in [0.4, 0.5) is 0 Å². The summed E-state index contributed by atoms with van der Waals surface area (Å²) in [5.74, 6) is 1.08. The van der Waals surface area contributed by atoms with Gasteiger partial charge in [0.25, 0.3) is 0 Å². The molecule has 1 heterocycles. The van der Waals surface area contributed by atoms with Gasteiger partial charge in [-0.1, -0.05) is 6.42 Å². The standard InChI is InChI=1S/C15H29N3O.HI/c1-13(2)19-11-5-9-17-14(16-3)18-10-8-15(12-18)6-4-7-15;/h13H,4-12H2,1-3H3,(H,16,17);1H. The van der Waals surface area contributed by atoms with Crippen LogP contribution in [0.5, 0.6) is 0 Å². The van der Waals surface area contributed by atoms with E-state index in [4.69, 9.17) is 4.74 Å². The van der Waals surface area contributed by atoms with Gasteiger partial charge >= 0.3 is 0 Å². The molecule has 2 aliphatic rings. The van der Waals surface area contributed by atoms with Gasteiger partial charge in [-0.15, -0.1) is 24.0 Å². The highest BCUT2D eigenvalue weighted by molar-refractivity contribution is 14.0. The molecule has 1 aliphatic heterocycles. The molecule has 1 saturated heterocycles. The number of hydrogen-bond acceptors (Lipinski definition) is 2. The molecular formula is C15H30IN3O. The third kappa shape index (κ3) is 4.76. The first-order chi connectivity index (χ1) is 9.15. The fraction of sp³-hybridized carbons (Fsp3) is 0.933. The molecule has 2 rings (SSSR count). The summed E-state index contributed by atoms with van der Waals surface area (Å²) in [6, 6.07) is 0. The van der Waals surface area contributed by atoms with Crippen molar-refractivity contribution in [3.8, 4) is 0 Å². The highest BCUT2D eigenvalue weighted by atomic mass is 127. The number of likely N-dealkylation sites (tertiary alicyclic amines) is 1. The number of nitrogens with zero attached hydrogens (tertiary/aromatic N) is 2. The van der Waals surface area contributed by atoms with Gasteiger partial charge in [0.05, 0.1) is 6.10 Å². The van der Waals surface area contributed by atoms with Crippen LogP contribution < -0.4 is 5.32 Å². The van der Waals surface area contributed by atoms with Crippen molar-refractivity contribution >= 4 is 29.9 Å². The number of hydrogen-bond donors (Lipinski definition) is 1. The average Bonchev–Trinajstić information content (AvgIpc) is 2.78. The van der Waals surface area contributed by atoms with E-state index in [-0.39, 0.29) is 24.0 Å². The second-order valence-corrected chi connectivity index (χ2v) is 6.27. The SMILES string of the molecule is CN=C(NCCCOC(C)C)N1CCC2(CCC2)C1.I. The van der Waals surface area contributed by atoms with E-state index in [1.54, 1.807) is 0 Å². The van der Waals surface area contributed by atoms with Crippen LogP contribution in [-0.2, 0) is 4.74 Å². The lowest BCUT2D eigenvalue weighted by molar-refractivity contribution is 0.0775. The maximum absolute atomic E-state index is 5.55. The molecule has 0 aromatic rings. The molecule has 20 heavy (non-hydrogen) atoms. The molecule has 1 saturated carbocycles. The molecule has 0 atom stereocenters. The van der Waals surface area contributed by atoms with Gasteiger partial charge in [-0.05, 0) is 44.9 Å². The van der Waals surface area contributed by atoms with E-state index in [1.165, 1.54) is 38.8 Å². The Morgan fingerprint density at radius 3 is 2.60 bits per heavy atom. The van der Waals surface area contributed by atoms with Crippen LogP contribution in [0.1, 0.15) is 46.0 Å². The molecule has 4 nitrogen and oxygen atoms in total. The quantitative estimate of drug-likeness (QED) is 0.337. The van der Waals surface area contributed by atoms with Crippen LogP contribution >= 0.6 is 24.0 Å². The lowest BCUT2D eigenvalue weighted by atomic mass is 9.68. The van der Waals surface area contributed by atoms with E-state index in [1.807, 2.05) is 7.05 Å². The highest BCUT2D eigenvalue weighted by Gasteiger charge is 2.43. The number of rotatable bonds is 5. The van der Waals surface area contributed by atoms with Crippen LogP contribution in [0, 0.1) is 5.41 Å². The highest BCUT2D eigenvalue weighted by Crippen LogP contribution is 2.47. The molecule has 2 fully saturated rings. The first kappa shape index (κ1) is 18.0. The summed E-state index contributed by atoms with van der Waals surface area (Å²) in [6.07, 6.45) is 6.98. The summed E-state index contributed by atoms with van der Waals surface area (Å²) in [7, 11) is 1.89. The minimum Gasteiger partial charge on any atom is -0.379 e. The van der Waals surface area contributed by atoms with E-state index < -0.39 is 0 Å². The number of halogens is 1. The Bertz CT molecular complexity index is 316. The van der Waals surface area contributed by atoms with Crippen molar-refractivity contribution in [2.75, 3.05) is 33.3 Å². The lowest BCUT2D eigenvalue weighted by Crippen LogP contribution is -2.43. The number of nitrogens with one attached hydrogen (secondary N) is 1. The second-order valence-electron chi connectivity index (χ2n) is 6.27. The van der Waals surface area contributed by atoms with Gasteiger partial charge in [0.1, 0.15) is 0 Å². The Balaban J connectivity index is 0.00000200. The van der Waals surface area contributed by atoms with Crippen molar-refractivity contribution < 1.29 is 4.74 Å². The molecule has 1 aliphatic carbocycles. The molecule has 0 unspecified atom stereocenters. The molecule has 1 spiro atoms. The van der Waals surface area contributed by atoms with Crippen molar-refractivity contribution in [2.45, 2.75) is 52.1 Å². The number of ether oxygens (including phenoxy) is 1. The van der Waals surface area contributed by atoms with Crippen LogP contribution in [0.15, 0.2) is 4.99 Å². The normalized spacial score (nSPS) is 21.0. The van der Waals surface area contributed by atoms with Crippen LogP contribution in [-0.4, -0.2) is 50.3 Å². The van der Waals surface area contributed by atoms with Crippen LogP contribution in [0.25, 0.3) is 0 Å². The Labute approximate surface area is 140 Å². The van der Waals surface area contributed by atoms with E-state index in [0.717, 1.165) is 25.5 Å². The van der Waals surface area contributed by atoms with Gasteiger partial charge in [-0.25, -0.2) is 0 Å². The lowest BCUT2D eigenvalue weighted by Gasteiger charge is -2.38. The average molecular weight is 395 g/mol. The summed E-state index contributed by atoms with van der Waals surface area (Å²) >= 11 is 0. The monoisotopic (exact) mass is 395 g/mol. The molecule has 5 heteroatoms. The van der Waals surface area contributed by atoms with E-state index in [2.05, 4.69) is 29.1 Å². The summed E-state index contributed by atoms with van der Waals surface area (Å²) in [5, 5.41) is 3.47. The van der Waals surface area contributed by atoms with Crippen LogP contribution in [0.3, 0.4) is 0 Å². The smallest absolute Gasteiger partial charge is 0.193 e. The van der Waals surface area contributed by atoms with Gasteiger partial charge < -0.3 is 15.0 Å². The fourth-order valence-electron chi connectivity index (χ4n) is 3.12. The Kier molecular flexibility index (Phi) is 7.58. The molecule has 0 aromatic heterocycles.